The third-order valence-corrected chi connectivity index (χ3v) is 6.85. The zero-order valence-corrected chi connectivity index (χ0v) is 14.8. The Balaban J connectivity index is 1.29. The molecule has 5 heteroatoms. The number of nitrogens with one attached hydrogen (secondary N) is 1. The van der Waals surface area contributed by atoms with Crippen molar-refractivity contribution in [1.82, 2.24) is 9.55 Å². The van der Waals surface area contributed by atoms with Gasteiger partial charge in [0.05, 0.1) is 6.33 Å². The smallest absolute Gasteiger partial charge is 0.253 e. The molecule has 4 aliphatic carbocycles. The molecule has 6 rings (SSSR count). The van der Waals surface area contributed by atoms with Crippen molar-refractivity contribution in [3.63, 3.8) is 0 Å². The fraction of sp³-hybridized carbons (Fsp3) is 0.524. The van der Waals surface area contributed by atoms with E-state index in [0.29, 0.717) is 0 Å². The molecule has 26 heavy (non-hydrogen) atoms. The van der Waals surface area contributed by atoms with Crippen LogP contribution in [0.5, 0.6) is 0 Å². The molecule has 4 fully saturated rings. The molecule has 0 aliphatic heterocycles. The fourth-order valence-corrected chi connectivity index (χ4v) is 6.13. The third-order valence-electron chi connectivity index (χ3n) is 6.85. The van der Waals surface area contributed by atoms with E-state index in [1.54, 1.807) is 12.5 Å². The summed E-state index contributed by atoms with van der Waals surface area (Å²) in [5.74, 6) is 1.91. The van der Waals surface area contributed by atoms with Gasteiger partial charge in [-0.3, -0.25) is 4.79 Å². The number of imidazole rings is 1. The maximum atomic E-state index is 12.8. The van der Waals surface area contributed by atoms with Crippen LogP contribution < -0.4 is 5.32 Å². The number of aliphatic hydroxyl groups excluding tert-OH is 1. The van der Waals surface area contributed by atoms with E-state index >= 15 is 0 Å². The molecule has 5 nitrogen and oxygen atoms in total. The zero-order chi connectivity index (χ0) is 17.7. The minimum atomic E-state index is -0.899. The van der Waals surface area contributed by atoms with Gasteiger partial charge < -0.3 is 15.0 Å². The molecule has 4 saturated carbocycles. The van der Waals surface area contributed by atoms with E-state index in [-0.39, 0.29) is 11.3 Å². The highest BCUT2D eigenvalue weighted by molar-refractivity contribution is 5.94. The number of anilines is 1. The maximum absolute atomic E-state index is 12.8. The predicted octanol–water partition coefficient (Wildman–Crippen LogP) is 3.39. The van der Waals surface area contributed by atoms with Crippen molar-refractivity contribution in [3.8, 4) is 5.69 Å². The van der Waals surface area contributed by atoms with Crippen LogP contribution in [0.3, 0.4) is 0 Å². The Morgan fingerprint density at radius 1 is 1.12 bits per heavy atom. The van der Waals surface area contributed by atoms with Gasteiger partial charge >= 0.3 is 0 Å². The van der Waals surface area contributed by atoms with Crippen molar-refractivity contribution in [2.75, 3.05) is 5.32 Å². The van der Waals surface area contributed by atoms with Gasteiger partial charge in [-0.15, -0.1) is 0 Å². The summed E-state index contributed by atoms with van der Waals surface area (Å²) < 4.78 is 1.91. The molecule has 136 valence electrons. The van der Waals surface area contributed by atoms with Crippen LogP contribution in [0, 0.1) is 23.2 Å². The molecule has 1 atom stereocenters. The molecule has 2 aromatic rings. The van der Waals surface area contributed by atoms with Gasteiger partial charge in [0, 0.05) is 29.2 Å². The van der Waals surface area contributed by atoms with E-state index in [1.165, 1.54) is 19.3 Å². The quantitative estimate of drug-likeness (QED) is 0.887. The molecule has 1 aromatic heterocycles. The SMILES string of the molecule is O=C(Nc1ccc(-n2ccnc2)cc1)C(O)C12CC3CC(CC(C3)C1)C2. The summed E-state index contributed by atoms with van der Waals surface area (Å²) >= 11 is 0. The van der Waals surface area contributed by atoms with Crippen molar-refractivity contribution in [1.29, 1.82) is 0 Å². The second-order valence-corrected chi connectivity index (χ2v) is 8.69. The van der Waals surface area contributed by atoms with Gasteiger partial charge in [0.15, 0.2) is 0 Å². The summed E-state index contributed by atoms with van der Waals surface area (Å²) in [5, 5.41) is 13.9. The minimum Gasteiger partial charge on any atom is -0.383 e. The first-order chi connectivity index (χ1) is 12.6. The molecule has 1 heterocycles. The van der Waals surface area contributed by atoms with Gasteiger partial charge in [0.2, 0.25) is 0 Å². The van der Waals surface area contributed by atoms with E-state index in [0.717, 1.165) is 48.4 Å². The van der Waals surface area contributed by atoms with Crippen molar-refractivity contribution in [2.45, 2.75) is 44.6 Å². The molecule has 1 unspecified atom stereocenters. The molecule has 0 radical (unpaired) electrons. The Morgan fingerprint density at radius 3 is 2.27 bits per heavy atom. The molecule has 2 N–H and O–H groups in total. The monoisotopic (exact) mass is 351 g/mol. The van der Waals surface area contributed by atoms with Gasteiger partial charge in [0.1, 0.15) is 6.10 Å². The first kappa shape index (κ1) is 16.1. The Hall–Kier alpha value is -2.14. The van der Waals surface area contributed by atoms with E-state index in [4.69, 9.17) is 0 Å². The van der Waals surface area contributed by atoms with Crippen molar-refractivity contribution < 1.29 is 9.90 Å². The van der Waals surface area contributed by atoms with E-state index in [9.17, 15) is 9.90 Å². The molecule has 0 saturated heterocycles. The molecule has 4 bridgehead atoms. The summed E-state index contributed by atoms with van der Waals surface area (Å²) in [5.41, 5.74) is 1.53. The molecular formula is C21H25N3O2. The number of rotatable bonds is 4. The number of hydrogen-bond donors (Lipinski definition) is 2. The average molecular weight is 351 g/mol. The third kappa shape index (κ3) is 2.65. The summed E-state index contributed by atoms with van der Waals surface area (Å²) in [4.78, 5) is 16.8. The number of benzene rings is 1. The zero-order valence-electron chi connectivity index (χ0n) is 14.8. The van der Waals surface area contributed by atoms with Crippen LogP contribution in [-0.4, -0.2) is 26.7 Å². The highest BCUT2D eigenvalue weighted by atomic mass is 16.3. The molecule has 4 aliphatic rings. The highest BCUT2D eigenvalue weighted by Crippen LogP contribution is 2.61. The fourth-order valence-electron chi connectivity index (χ4n) is 6.13. The Labute approximate surface area is 153 Å². The summed E-state index contributed by atoms with van der Waals surface area (Å²) in [6, 6.07) is 7.63. The number of aromatic nitrogens is 2. The molecule has 0 spiro atoms. The highest BCUT2D eigenvalue weighted by Gasteiger charge is 2.55. The van der Waals surface area contributed by atoms with Crippen LogP contribution in [0.4, 0.5) is 5.69 Å². The van der Waals surface area contributed by atoms with Gasteiger partial charge in [-0.1, -0.05) is 0 Å². The summed E-state index contributed by atoms with van der Waals surface area (Å²) in [6.45, 7) is 0. The number of carbonyl (C=O) groups excluding carboxylic acids is 1. The van der Waals surface area contributed by atoms with Crippen LogP contribution >= 0.6 is 0 Å². The van der Waals surface area contributed by atoms with Crippen LogP contribution in [0.1, 0.15) is 38.5 Å². The van der Waals surface area contributed by atoms with Crippen molar-refractivity contribution >= 4 is 11.6 Å². The largest absolute Gasteiger partial charge is 0.383 e. The Bertz CT molecular complexity index is 762. The molecular weight excluding hydrogens is 326 g/mol. The number of amides is 1. The van der Waals surface area contributed by atoms with E-state index < -0.39 is 6.10 Å². The van der Waals surface area contributed by atoms with Crippen molar-refractivity contribution in [2.24, 2.45) is 23.2 Å². The Morgan fingerprint density at radius 2 is 1.73 bits per heavy atom. The van der Waals surface area contributed by atoms with Gasteiger partial charge in [-0.2, -0.15) is 0 Å². The lowest BCUT2D eigenvalue weighted by Gasteiger charge is -2.57. The molecule has 1 amide bonds. The van der Waals surface area contributed by atoms with Gasteiger partial charge in [-0.05, 0) is 80.5 Å². The topological polar surface area (TPSA) is 67.2 Å². The predicted molar refractivity (Wildman–Crippen MR) is 98.8 cm³/mol. The lowest BCUT2D eigenvalue weighted by molar-refractivity contribution is -0.150. The minimum absolute atomic E-state index is 0.185. The Kier molecular flexibility index (Phi) is 3.67. The number of aliphatic hydroxyl groups is 1. The van der Waals surface area contributed by atoms with Crippen molar-refractivity contribution in [3.05, 3.63) is 43.0 Å². The number of carbonyl (C=O) groups is 1. The molecule has 1 aromatic carbocycles. The van der Waals surface area contributed by atoms with Gasteiger partial charge in [0.25, 0.3) is 5.91 Å². The first-order valence-electron chi connectivity index (χ1n) is 9.69. The standard InChI is InChI=1S/C21H25N3O2/c25-19(21-10-14-7-15(11-21)9-16(8-14)12-21)20(26)23-17-1-3-18(4-2-17)24-6-5-22-13-24/h1-6,13-16,19,25H,7-12H2,(H,23,26). The normalized spacial score (nSPS) is 33.2. The lowest BCUT2D eigenvalue weighted by Crippen LogP contribution is -2.55. The number of hydrogen-bond acceptors (Lipinski definition) is 3. The lowest BCUT2D eigenvalue weighted by atomic mass is 9.48. The maximum Gasteiger partial charge on any atom is 0.253 e. The van der Waals surface area contributed by atoms with Crippen LogP contribution in [0.25, 0.3) is 5.69 Å². The summed E-state index contributed by atoms with van der Waals surface area (Å²) in [6.07, 6.45) is 11.4. The van der Waals surface area contributed by atoms with Crippen LogP contribution in [0.15, 0.2) is 43.0 Å². The second kappa shape index (κ2) is 5.95. The van der Waals surface area contributed by atoms with Gasteiger partial charge in [-0.25, -0.2) is 4.98 Å². The average Bonchev–Trinajstić information content (AvgIpc) is 3.15. The van der Waals surface area contributed by atoms with Crippen LogP contribution in [-0.2, 0) is 4.79 Å². The van der Waals surface area contributed by atoms with E-state index in [2.05, 4.69) is 10.3 Å². The van der Waals surface area contributed by atoms with E-state index in [1.807, 2.05) is 35.0 Å². The number of nitrogens with zero attached hydrogens (tertiary/aromatic N) is 2. The first-order valence-corrected chi connectivity index (χ1v) is 9.69. The van der Waals surface area contributed by atoms with Crippen LogP contribution in [0.2, 0.25) is 0 Å². The summed E-state index contributed by atoms with van der Waals surface area (Å²) in [7, 11) is 0. The second-order valence-electron chi connectivity index (χ2n) is 8.69.